The number of unbranched alkanes of at least 4 members (excludes halogenated alkanes) is 28. The highest BCUT2D eigenvalue weighted by molar-refractivity contribution is 5.77. The van der Waals surface area contributed by atoms with Gasteiger partial charge in [0.1, 0.15) is 6.10 Å². The lowest BCUT2D eigenvalue weighted by Crippen LogP contribution is -2.46. The van der Waals surface area contributed by atoms with Gasteiger partial charge in [0.2, 0.25) is 5.91 Å². The molecule has 6 heteroatoms. The number of carbonyl (C=O) groups excluding carboxylic acids is 2. The van der Waals surface area contributed by atoms with Gasteiger partial charge in [0.25, 0.3) is 0 Å². The molecular weight excluding hydrogens is 755 g/mol. The SMILES string of the molecule is CC/C=C/C/C=C/CCCCCCCC(CC(=O)NC(CO)C(O)CCCCCCCCCCCCCCCCC)OC(=O)CCCCCCCC/C=C/C=C/CCCCC. The Morgan fingerprint density at radius 2 is 0.934 bits per heavy atom. The molecule has 0 aromatic heterocycles. The summed E-state index contributed by atoms with van der Waals surface area (Å²) in [6.45, 7) is 6.35. The number of allylic oxidation sites excluding steroid dienone is 8. The van der Waals surface area contributed by atoms with Crippen LogP contribution >= 0.6 is 0 Å². The Labute approximate surface area is 378 Å². The first kappa shape index (κ1) is 58.8. The van der Waals surface area contributed by atoms with E-state index >= 15 is 0 Å². The van der Waals surface area contributed by atoms with Crippen LogP contribution in [0, 0.1) is 0 Å². The predicted octanol–water partition coefficient (Wildman–Crippen LogP) is 15.8. The molecule has 0 aromatic carbocycles. The van der Waals surface area contributed by atoms with E-state index in [9.17, 15) is 19.8 Å². The summed E-state index contributed by atoms with van der Waals surface area (Å²) in [7, 11) is 0. The van der Waals surface area contributed by atoms with Crippen LogP contribution in [-0.2, 0) is 14.3 Å². The Morgan fingerprint density at radius 3 is 1.46 bits per heavy atom. The summed E-state index contributed by atoms with van der Waals surface area (Å²) >= 11 is 0. The van der Waals surface area contributed by atoms with E-state index in [4.69, 9.17) is 4.74 Å². The monoisotopic (exact) mass is 856 g/mol. The molecular formula is C55H101NO5. The lowest BCUT2D eigenvalue weighted by atomic mass is 10.0. The molecule has 0 saturated heterocycles. The molecule has 0 radical (unpaired) electrons. The lowest BCUT2D eigenvalue weighted by molar-refractivity contribution is -0.151. The van der Waals surface area contributed by atoms with Crippen molar-refractivity contribution < 1.29 is 24.5 Å². The summed E-state index contributed by atoms with van der Waals surface area (Å²) in [6.07, 6.45) is 58.8. The Balaban J connectivity index is 4.55. The van der Waals surface area contributed by atoms with Crippen molar-refractivity contribution in [1.29, 1.82) is 0 Å². The summed E-state index contributed by atoms with van der Waals surface area (Å²) in [6, 6.07) is -0.708. The molecule has 0 aliphatic rings. The molecule has 3 atom stereocenters. The smallest absolute Gasteiger partial charge is 0.306 e. The van der Waals surface area contributed by atoms with E-state index in [1.165, 1.54) is 135 Å². The Hall–Kier alpha value is -2.18. The highest BCUT2D eigenvalue weighted by atomic mass is 16.5. The second kappa shape index (κ2) is 48.8. The number of esters is 1. The van der Waals surface area contributed by atoms with E-state index < -0.39 is 18.2 Å². The predicted molar refractivity (Wildman–Crippen MR) is 264 cm³/mol. The van der Waals surface area contributed by atoms with Gasteiger partial charge in [-0.05, 0) is 77.0 Å². The number of hydrogen-bond acceptors (Lipinski definition) is 5. The Kier molecular flexibility index (Phi) is 47.1. The fourth-order valence-corrected chi connectivity index (χ4v) is 7.93. The molecule has 6 nitrogen and oxygen atoms in total. The Bertz CT molecular complexity index is 1050. The zero-order valence-corrected chi connectivity index (χ0v) is 40.5. The molecule has 61 heavy (non-hydrogen) atoms. The molecule has 356 valence electrons. The third kappa shape index (κ3) is 44.2. The molecule has 0 saturated carbocycles. The van der Waals surface area contributed by atoms with Gasteiger partial charge in [-0.15, -0.1) is 0 Å². The van der Waals surface area contributed by atoms with Gasteiger partial charge in [0, 0.05) is 6.42 Å². The lowest BCUT2D eigenvalue weighted by Gasteiger charge is -2.24. The van der Waals surface area contributed by atoms with Gasteiger partial charge in [0.15, 0.2) is 0 Å². The summed E-state index contributed by atoms with van der Waals surface area (Å²) in [5.41, 5.74) is 0. The van der Waals surface area contributed by atoms with E-state index in [0.717, 1.165) is 83.5 Å². The molecule has 0 aliphatic heterocycles. The molecule has 3 N–H and O–H groups in total. The maximum atomic E-state index is 13.2. The van der Waals surface area contributed by atoms with E-state index in [2.05, 4.69) is 74.7 Å². The largest absolute Gasteiger partial charge is 0.462 e. The molecule has 0 heterocycles. The minimum absolute atomic E-state index is 0.0638. The third-order valence-corrected chi connectivity index (χ3v) is 11.9. The van der Waals surface area contributed by atoms with Crippen LogP contribution in [0.15, 0.2) is 48.6 Å². The van der Waals surface area contributed by atoms with Crippen LogP contribution in [0.4, 0.5) is 0 Å². The van der Waals surface area contributed by atoms with Crippen LogP contribution < -0.4 is 5.32 Å². The molecule has 0 aromatic rings. The number of ether oxygens (including phenoxy) is 1. The molecule has 0 bridgehead atoms. The van der Waals surface area contributed by atoms with Crippen LogP contribution in [0.1, 0.15) is 265 Å². The molecule has 1 amide bonds. The average Bonchev–Trinajstić information content (AvgIpc) is 3.25. The maximum absolute atomic E-state index is 13.2. The Morgan fingerprint density at radius 1 is 0.508 bits per heavy atom. The highest BCUT2D eigenvalue weighted by Gasteiger charge is 2.24. The van der Waals surface area contributed by atoms with E-state index in [-0.39, 0.29) is 24.9 Å². The standard InChI is InChI=1S/C55H101NO5/c1-4-7-10-13-16-19-22-25-27-29-32-35-38-41-44-47-53(58)52(50-57)56-54(59)49-51(46-43-40-37-34-31-24-21-18-15-12-9-6-3)61-55(60)48-45-42-39-36-33-30-28-26-23-20-17-14-11-8-5-2/h9,12,17-18,20-21,23,26,51-53,57-58H,4-8,10-11,13-16,19,22,24-25,27-50H2,1-3H3,(H,56,59)/b12-9+,20-17+,21-18+,26-23+. The van der Waals surface area contributed by atoms with Crippen LogP contribution in [-0.4, -0.2) is 46.9 Å². The maximum Gasteiger partial charge on any atom is 0.306 e. The number of carbonyl (C=O) groups is 2. The van der Waals surface area contributed by atoms with Gasteiger partial charge in [-0.1, -0.05) is 223 Å². The van der Waals surface area contributed by atoms with Crippen molar-refractivity contribution in [2.45, 2.75) is 283 Å². The van der Waals surface area contributed by atoms with Crippen molar-refractivity contribution in [3.05, 3.63) is 48.6 Å². The number of aliphatic hydroxyl groups excluding tert-OH is 2. The normalized spacial score (nSPS) is 13.6. The first-order chi connectivity index (χ1) is 30.0. The number of hydrogen-bond donors (Lipinski definition) is 3. The minimum Gasteiger partial charge on any atom is -0.462 e. The molecule has 0 spiro atoms. The minimum atomic E-state index is -0.793. The second-order valence-electron chi connectivity index (χ2n) is 17.9. The van der Waals surface area contributed by atoms with E-state index in [0.29, 0.717) is 19.3 Å². The number of rotatable bonds is 47. The number of amides is 1. The van der Waals surface area contributed by atoms with Crippen molar-refractivity contribution >= 4 is 11.9 Å². The van der Waals surface area contributed by atoms with Gasteiger partial charge in [0.05, 0.1) is 25.2 Å². The quantitative estimate of drug-likeness (QED) is 0.0245. The molecule has 0 aliphatic carbocycles. The molecule has 3 unspecified atom stereocenters. The van der Waals surface area contributed by atoms with Gasteiger partial charge >= 0.3 is 5.97 Å². The van der Waals surface area contributed by atoms with Crippen molar-refractivity contribution in [2.75, 3.05) is 6.61 Å². The number of aliphatic hydroxyl groups is 2. The number of nitrogens with one attached hydrogen (secondary N) is 1. The highest BCUT2D eigenvalue weighted by Crippen LogP contribution is 2.18. The van der Waals surface area contributed by atoms with Gasteiger partial charge < -0.3 is 20.3 Å². The van der Waals surface area contributed by atoms with Crippen LogP contribution in [0.2, 0.25) is 0 Å². The topological polar surface area (TPSA) is 95.9 Å². The van der Waals surface area contributed by atoms with Crippen LogP contribution in [0.3, 0.4) is 0 Å². The van der Waals surface area contributed by atoms with Crippen LogP contribution in [0.25, 0.3) is 0 Å². The van der Waals surface area contributed by atoms with Crippen molar-refractivity contribution in [3.63, 3.8) is 0 Å². The van der Waals surface area contributed by atoms with Gasteiger partial charge in [-0.25, -0.2) is 0 Å². The first-order valence-corrected chi connectivity index (χ1v) is 26.4. The van der Waals surface area contributed by atoms with E-state index in [1.807, 2.05) is 0 Å². The van der Waals surface area contributed by atoms with Gasteiger partial charge in [-0.3, -0.25) is 9.59 Å². The van der Waals surface area contributed by atoms with Gasteiger partial charge in [-0.2, -0.15) is 0 Å². The summed E-state index contributed by atoms with van der Waals surface area (Å²) < 4.78 is 5.92. The third-order valence-electron chi connectivity index (χ3n) is 11.9. The first-order valence-electron chi connectivity index (χ1n) is 26.4. The van der Waals surface area contributed by atoms with Crippen molar-refractivity contribution in [3.8, 4) is 0 Å². The fourth-order valence-electron chi connectivity index (χ4n) is 7.93. The van der Waals surface area contributed by atoms with Crippen molar-refractivity contribution in [1.82, 2.24) is 5.32 Å². The zero-order valence-electron chi connectivity index (χ0n) is 40.5. The average molecular weight is 856 g/mol. The van der Waals surface area contributed by atoms with Crippen LogP contribution in [0.5, 0.6) is 0 Å². The summed E-state index contributed by atoms with van der Waals surface area (Å²) in [5, 5.41) is 23.8. The zero-order chi connectivity index (χ0) is 44.5. The van der Waals surface area contributed by atoms with Crippen molar-refractivity contribution in [2.24, 2.45) is 0 Å². The summed E-state index contributed by atoms with van der Waals surface area (Å²) in [5.74, 6) is -0.496. The summed E-state index contributed by atoms with van der Waals surface area (Å²) in [4.78, 5) is 26.1. The van der Waals surface area contributed by atoms with E-state index in [1.54, 1.807) is 0 Å². The second-order valence-corrected chi connectivity index (χ2v) is 17.9. The molecule has 0 fully saturated rings. The molecule has 0 rings (SSSR count). The fraction of sp³-hybridized carbons (Fsp3) is 0.818.